The molecule has 118 valence electrons. The standard InChI is InChI=1S/C13H18F2N2O3S/c14-9-5-6-11(12(15)13(9)16)21(19,20)17-7-8-3-1-2-4-10(8)18/h5-6,8,10,17-18H,1-4,7,16H2. The first kappa shape index (κ1) is 16.1. The number of nitrogen functional groups attached to an aromatic ring is 1. The summed E-state index contributed by atoms with van der Waals surface area (Å²) >= 11 is 0. The van der Waals surface area contributed by atoms with Gasteiger partial charge in [-0.25, -0.2) is 21.9 Å². The maximum Gasteiger partial charge on any atom is 0.243 e. The van der Waals surface area contributed by atoms with Crippen LogP contribution in [0.15, 0.2) is 17.0 Å². The van der Waals surface area contributed by atoms with Gasteiger partial charge in [-0.1, -0.05) is 12.8 Å². The van der Waals surface area contributed by atoms with Gasteiger partial charge in [0, 0.05) is 6.54 Å². The minimum Gasteiger partial charge on any atom is -0.394 e. The van der Waals surface area contributed by atoms with Gasteiger partial charge in [0.2, 0.25) is 10.0 Å². The smallest absolute Gasteiger partial charge is 0.243 e. The molecule has 1 aliphatic rings. The number of hydrogen-bond acceptors (Lipinski definition) is 4. The minimum atomic E-state index is -4.14. The number of hydrogen-bond donors (Lipinski definition) is 3. The van der Waals surface area contributed by atoms with E-state index in [4.69, 9.17) is 5.73 Å². The largest absolute Gasteiger partial charge is 0.394 e. The summed E-state index contributed by atoms with van der Waals surface area (Å²) in [5, 5.41) is 9.79. The summed E-state index contributed by atoms with van der Waals surface area (Å²) in [7, 11) is -4.14. The highest BCUT2D eigenvalue weighted by molar-refractivity contribution is 7.89. The first-order valence-electron chi connectivity index (χ1n) is 6.74. The third-order valence-corrected chi connectivity index (χ3v) is 5.23. The summed E-state index contributed by atoms with van der Waals surface area (Å²) in [6, 6.07) is 1.64. The van der Waals surface area contributed by atoms with Crippen LogP contribution in [0.3, 0.4) is 0 Å². The predicted molar refractivity (Wildman–Crippen MR) is 73.9 cm³/mol. The molecule has 2 atom stereocenters. The Bertz CT molecular complexity index is 622. The molecule has 0 heterocycles. The second-order valence-corrected chi connectivity index (χ2v) is 6.97. The summed E-state index contributed by atoms with van der Waals surface area (Å²) < 4.78 is 53.2. The Labute approximate surface area is 122 Å². The summed E-state index contributed by atoms with van der Waals surface area (Å²) in [5.41, 5.74) is 4.33. The van der Waals surface area contributed by atoms with Crippen LogP contribution in [-0.4, -0.2) is 26.2 Å². The Morgan fingerprint density at radius 2 is 1.95 bits per heavy atom. The average molecular weight is 320 g/mol. The minimum absolute atomic E-state index is 0.0141. The highest BCUT2D eigenvalue weighted by Crippen LogP contribution is 2.25. The molecule has 0 aromatic heterocycles. The molecule has 2 unspecified atom stereocenters. The average Bonchev–Trinajstić information content (AvgIpc) is 2.44. The Balaban J connectivity index is 2.13. The van der Waals surface area contributed by atoms with Gasteiger partial charge in [-0.05, 0) is 30.9 Å². The zero-order valence-electron chi connectivity index (χ0n) is 11.4. The highest BCUT2D eigenvalue weighted by atomic mass is 32.2. The lowest BCUT2D eigenvalue weighted by molar-refractivity contribution is 0.0724. The summed E-state index contributed by atoms with van der Waals surface area (Å²) in [4.78, 5) is -0.688. The quantitative estimate of drug-likeness (QED) is 0.731. The van der Waals surface area contributed by atoms with Crippen LogP contribution in [0.4, 0.5) is 14.5 Å². The van der Waals surface area contributed by atoms with E-state index in [1.54, 1.807) is 0 Å². The van der Waals surface area contributed by atoms with Crippen LogP contribution in [0.5, 0.6) is 0 Å². The molecule has 1 aliphatic carbocycles. The van der Waals surface area contributed by atoms with E-state index in [0.717, 1.165) is 25.0 Å². The number of aliphatic hydroxyl groups is 1. The van der Waals surface area contributed by atoms with E-state index in [9.17, 15) is 22.3 Å². The first-order valence-corrected chi connectivity index (χ1v) is 8.22. The molecule has 8 heteroatoms. The first-order chi connectivity index (χ1) is 9.83. The lowest BCUT2D eigenvalue weighted by Crippen LogP contribution is -2.37. The van der Waals surface area contributed by atoms with Gasteiger partial charge >= 0.3 is 0 Å². The molecular weight excluding hydrogens is 302 g/mol. The van der Waals surface area contributed by atoms with Crippen LogP contribution < -0.4 is 10.5 Å². The molecule has 2 rings (SSSR count). The van der Waals surface area contributed by atoms with Crippen molar-refractivity contribution in [2.45, 2.75) is 36.7 Å². The zero-order valence-corrected chi connectivity index (χ0v) is 12.2. The maximum absolute atomic E-state index is 13.8. The Hall–Kier alpha value is -1.25. The second-order valence-electron chi connectivity index (χ2n) is 5.24. The molecule has 1 saturated carbocycles. The number of rotatable bonds is 4. The van der Waals surface area contributed by atoms with Crippen molar-refractivity contribution in [3.05, 3.63) is 23.8 Å². The number of halogens is 2. The fourth-order valence-corrected chi connectivity index (χ4v) is 3.66. The topological polar surface area (TPSA) is 92.4 Å². The third kappa shape index (κ3) is 3.50. The van der Waals surface area contributed by atoms with Crippen molar-refractivity contribution >= 4 is 15.7 Å². The Morgan fingerprint density at radius 3 is 2.62 bits per heavy atom. The molecular formula is C13H18F2N2O3S. The fraction of sp³-hybridized carbons (Fsp3) is 0.538. The van der Waals surface area contributed by atoms with Crippen molar-refractivity contribution in [3.8, 4) is 0 Å². The molecule has 4 N–H and O–H groups in total. The van der Waals surface area contributed by atoms with E-state index in [0.29, 0.717) is 12.8 Å². The number of aliphatic hydroxyl groups excluding tert-OH is 1. The fourth-order valence-electron chi connectivity index (χ4n) is 2.48. The molecule has 1 aromatic rings. The van der Waals surface area contributed by atoms with Crippen molar-refractivity contribution in [1.29, 1.82) is 0 Å². The van der Waals surface area contributed by atoms with Crippen molar-refractivity contribution in [2.24, 2.45) is 5.92 Å². The van der Waals surface area contributed by atoms with E-state index < -0.39 is 38.3 Å². The van der Waals surface area contributed by atoms with E-state index in [-0.39, 0.29) is 12.5 Å². The Kier molecular flexibility index (Phi) is 4.80. The second kappa shape index (κ2) is 6.25. The Morgan fingerprint density at radius 1 is 1.29 bits per heavy atom. The lowest BCUT2D eigenvalue weighted by Gasteiger charge is -2.27. The van der Waals surface area contributed by atoms with Crippen LogP contribution in [0.1, 0.15) is 25.7 Å². The van der Waals surface area contributed by atoms with Crippen molar-refractivity contribution in [1.82, 2.24) is 4.72 Å². The number of benzene rings is 1. The molecule has 1 fully saturated rings. The lowest BCUT2D eigenvalue weighted by atomic mass is 9.87. The van der Waals surface area contributed by atoms with Crippen LogP contribution in [0.25, 0.3) is 0 Å². The SMILES string of the molecule is Nc1c(F)ccc(S(=O)(=O)NCC2CCCCC2O)c1F. The van der Waals surface area contributed by atoms with Gasteiger partial charge in [-0.15, -0.1) is 0 Å². The normalized spacial score (nSPS) is 23.2. The predicted octanol–water partition coefficient (Wildman–Crippen LogP) is 1.38. The molecule has 0 aliphatic heterocycles. The van der Waals surface area contributed by atoms with Gasteiger partial charge in [0.05, 0.1) is 6.10 Å². The summed E-state index contributed by atoms with van der Waals surface area (Å²) in [6.45, 7) is 0.0141. The highest BCUT2D eigenvalue weighted by Gasteiger charge is 2.27. The van der Waals surface area contributed by atoms with Gasteiger partial charge < -0.3 is 10.8 Å². The molecule has 0 amide bonds. The third-order valence-electron chi connectivity index (χ3n) is 3.79. The number of sulfonamides is 1. The van der Waals surface area contributed by atoms with E-state index in [1.165, 1.54) is 0 Å². The van der Waals surface area contributed by atoms with E-state index in [1.807, 2.05) is 0 Å². The number of anilines is 1. The van der Waals surface area contributed by atoms with Gasteiger partial charge in [0.1, 0.15) is 16.4 Å². The van der Waals surface area contributed by atoms with Crippen molar-refractivity contribution in [2.75, 3.05) is 12.3 Å². The molecule has 0 radical (unpaired) electrons. The monoisotopic (exact) mass is 320 g/mol. The van der Waals surface area contributed by atoms with Crippen LogP contribution in [0.2, 0.25) is 0 Å². The van der Waals surface area contributed by atoms with Gasteiger partial charge in [-0.2, -0.15) is 0 Å². The van der Waals surface area contributed by atoms with Gasteiger partial charge in [-0.3, -0.25) is 0 Å². The summed E-state index contributed by atoms with van der Waals surface area (Å²) in [5.74, 6) is -2.50. The molecule has 0 bridgehead atoms. The molecule has 0 spiro atoms. The van der Waals surface area contributed by atoms with Crippen LogP contribution in [0, 0.1) is 17.6 Å². The van der Waals surface area contributed by atoms with Crippen molar-refractivity contribution in [3.63, 3.8) is 0 Å². The van der Waals surface area contributed by atoms with Gasteiger partial charge in [0.25, 0.3) is 0 Å². The number of nitrogens with two attached hydrogens (primary N) is 1. The van der Waals surface area contributed by atoms with E-state index in [2.05, 4.69) is 4.72 Å². The van der Waals surface area contributed by atoms with Crippen LogP contribution in [-0.2, 0) is 10.0 Å². The zero-order chi connectivity index (χ0) is 15.6. The molecule has 0 saturated heterocycles. The van der Waals surface area contributed by atoms with E-state index >= 15 is 0 Å². The van der Waals surface area contributed by atoms with Gasteiger partial charge in [0.15, 0.2) is 5.82 Å². The summed E-state index contributed by atoms with van der Waals surface area (Å²) in [6.07, 6.45) is 2.60. The molecule has 5 nitrogen and oxygen atoms in total. The molecule has 1 aromatic carbocycles. The van der Waals surface area contributed by atoms with Crippen LogP contribution >= 0.6 is 0 Å². The van der Waals surface area contributed by atoms with Crippen molar-refractivity contribution < 1.29 is 22.3 Å². The maximum atomic E-state index is 13.8. The molecule has 21 heavy (non-hydrogen) atoms. The number of nitrogens with one attached hydrogen (secondary N) is 1.